The van der Waals surface area contributed by atoms with Crippen LogP contribution in [0.3, 0.4) is 0 Å². The van der Waals surface area contributed by atoms with Crippen LogP contribution in [-0.2, 0) is 0 Å². The van der Waals surface area contributed by atoms with Gasteiger partial charge in [-0.3, -0.25) is 0 Å². The van der Waals surface area contributed by atoms with Crippen molar-refractivity contribution in [3.8, 4) is 0 Å². The molecule has 0 aromatic carbocycles. The minimum atomic E-state index is 0.535. The van der Waals surface area contributed by atoms with Crippen molar-refractivity contribution in [2.24, 2.45) is 71.0 Å². The highest BCUT2D eigenvalue weighted by molar-refractivity contribution is 5.42. The SMILES string of the molecule is C/C=C(\CC(C)CC)C1=CCC(C2CCC(C(C)C3CCCCC3C(CNC3C=CC4CCC=CC4C3)C3C=CC(C4CC=CCC4)=CC3)CC2)C=C1. The Kier molecular flexibility index (Phi) is 14.1. The van der Waals surface area contributed by atoms with E-state index in [0.29, 0.717) is 12.0 Å². The standard InChI is InChI=1S/C52H77N/c1-5-37(3)34-39(6-2)43-24-26-46(27-25-43)45-22-20-40(21-23-45)38(4)50-18-12-13-19-51(50)52(36-53-49-33-32-42-16-10-11-17-48(42)35-49)47-30-28-44(29-31-47)41-14-8-7-9-15-41/h6-8,11,17,24-26,28-30,32-33,37-38,40-42,45-53H,5,9-10,12-16,18-23,27,31,34-36H2,1-4H3/b39-6+. The van der Waals surface area contributed by atoms with E-state index in [1.165, 1.54) is 128 Å². The lowest BCUT2D eigenvalue weighted by Crippen LogP contribution is -2.44. The van der Waals surface area contributed by atoms with E-state index in [1.807, 2.05) is 0 Å². The summed E-state index contributed by atoms with van der Waals surface area (Å²) < 4.78 is 0. The summed E-state index contributed by atoms with van der Waals surface area (Å²) >= 11 is 0. The van der Waals surface area contributed by atoms with E-state index < -0.39 is 0 Å². The van der Waals surface area contributed by atoms with Gasteiger partial charge < -0.3 is 5.32 Å². The average molecular weight is 716 g/mol. The second-order valence-electron chi connectivity index (χ2n) is 19.2. The first-order valence-corrected chi connectivity index (χ1v) is 23.2. The predicted molar refractivity (Wildman–Crippen MR) is 229 cm³/mol. The van der Waals surface area contributed by atoms with E-state index in [9.17, 15) is 0 Å². The monoisotopic (exact) mass is 716 g/mol. The summed E-state index contributed by atoms with van der Waals surface area (Å²) in [4.78, 5) is 0. The highest BCUT2D eigenvalue weighted by Crippen LogP contribution is 2.49. The zero-order valence-corrected chi connectivity index (χ0v) is 34.4. The molecule has 11 unspecified atom stereocenters. The normalized spacial score (nSPS) is 37.8. The number of allylic oxidation sites excluding steroid dienone is 15. The van der Waals surface area contributed by atoms with Gasteiger partial charge >= 0.3 is 0 Å². The molecule has 1 heteroatoms. The Labute approximate surface area is 326 Å². The highest BCUT2D eigenvalue weighted by Gasteiger charge is 2.41. The molecule has 1 nitrogen and oxygen atoms in total. The van der Waals surface area contributed by atoms with Gasteiger partial charge in [0.25, 0.3) is 0 Å². The van der Waals surface area contributed by atoms with E-state index in [1.54, 1.807) is 11.1 Å². The molecule has 0 aromatic rings. The van der Waals surface area contributed by atoms with Gasteiger partial charge in [0, 0.05) is 6.04 Å². The first-order chi connectivity index (χ1) is 26.0. The van der Waals surface area contributed by atoms with Crippen molar-refractivity contribution in [1.29, 1.82) is 0 Å². The molecule has 0 saturated heterocycles. The van der Waals surface area contributed by atoms with Crippen LogP contribution >= 0.6 is 0 Å². The molecule has 2 saturated carbocycles. The summed E-state index contributed by atoms with van der Waals surface area (Å²) in [6, 6.07) is 0.535. The minimum absolute atomic E-state index is 0.535. The van der Waals surface area contributed by atoms with Crippen LogP contribution in [0, 0.1) is 71.0 Å². The maximum atomic E-state index is 4.23. The number of rotatable bonds is 13. The van der Waals surface area contributed by atoms with Gasteiger partial charge in [0.1, 0.15) is 0 Å². The van der Waals surface area contributed by atoms with Crippen molar-refractivity contribution in [1.82, 2.24) is 5.32 Å². The third-order valence-corrected chi connectivity index (χ3v) is 16.2. The molecule has 290 valence electrons. The van der Waals surface area contributed by atoms with Gasteiger partial charge in [-0.05, 0) is 198 Å². The minimum Gasteiger partial charge on any atom is -0.310 e. The van der Waals surface area contributed by atoms with Crippen LogP contribution in [-0.4, -0.2) is 12.6 Å². The smallest absolute Gasteiger partial charge is 0.0256 e. The van der Waals surface area contributed by atoms with Crippen molar-refractivity contribution in [3.63, 3.8) is 0 Å². The number of fused-ring (bicyclic) bond motifs is 1. The largest absolute Gasteiger partial charge is 0.310 e. The summed E-state index contributed by atoms with van der Waals surface area (Å²) in [7, 11) is 0. The van der Waals surface area contributed by atoms with Crippen molar-refractivity contribution in [2.45, 2.75) is 149 Å². The Balaban J connectivity index is 0.991. The fourth-order valence-electron chi connectivity index (χ4n) is 12.5. The van der Waals surface area contributed by atoms with Crippen LogP contribution in [0.5, 0.6) is 0 Å². The summed E-state index contributed by atoms with van der Waals surface area (Å²) in [6.07, 6.45) is 57.4. The summed E-state index contributed by atoms with van der Waals surface area (Å²) in [5.74, 6) is 9.59. The van der Waals surface area contributed by atoms with Gasteiger partial charge in [0.15, 0.2) is 0 Å². The van der Waals surface area contributed by atoms with E-state index in [4.69, 9.17) is 0 Å². The maximum Gasteiger partial charge on any atom is 0.0256 e. The zero-order chi connectivity index (χ0) is 36.6. The fourth-order valence-corrected chi connectivity index (χ4v) is 12.5. The van der Waals surface area contributed by atoms with Crippen molar-refractivity contribution in [2.75, 3.05) is 6.54 Å². The number of nitrogens with one attached hydrogen (secondary N) is 1. The zero-order valence-electron chi connectivity index (χ0n) is 34.4. The Bertz CT molecular complexity index is 1420. The first-order valence-electron chi connectivity index (χ1n) is 23.2. The van der Waals surface area contributed by atoms with E-state index >= 15 is 0 Å². The molecule has 53 heavy (non-hydrogen) atoms. The van der Waals surface area contributed by atoms with E-state index in [-0.39, 0.29) is 0 Å². The average Bonchev–Trinajstić information content (AvgIpc) is 3.23. The highest BCUT2D eigenvalue weighted by atomic mass is 14.9. The van der Waals surface area contributed by atoms with Gasteiger partial charge in [-0.2, -0.15) is 0 Å². The molecule has 1 N–H and O–H groups in total. The molecular formula is C52H77N. The Morgan fingerprint density at radius 1 is 0.755 bits per heavy atom. The molecule has 0 aromatic heterocycles. The van der Waals surface area contributed by atoms with Crippen molar-refractivity contribution in [3.05, 3.63) is 95.7 Å². The molecule has 0 radical (unpaired) electrons. The second-order valence-corrected chi connectivity index (χ2v) is 19.2. The number of hydrogen-bond acceptors (Lipinski definition) is 1. The van der Waals surface area contributed by atoms with Crippen LogP contribution in [0.25, 0.3) is 0 Å². The van der Waals surface area contributed by atoms with Gasteiger partial charge in [0.2, 0.25) is 0 Å². The van der Waals surface area contributed by atoms with Crippen molar-refractivity contribution >= 4 is 0 Å². The summed E-state index contributed by atoms with van der Waals surface area (Å²) in [6.45, 7) is 10.9. The molecule has 0 heterocycles. The second kappa shape index (κ2) is 19.2. The van der Waals surface area contributed by atoms with Crippen molar-refractivity contribution < 1.29 is 0 Å². The predicted octanol–water partition coefficient (Wildman–Crippen LogP) is 14.1. The molecule has 11 atom stereocenters. The lowest BCUT2D eigenvalue weighted by Gasteiger charge is -2.47. The van der Waals surface area contributed by atoms with Gasteiger partial charge in [-0.1, -0.05) is 119 Å². The van der Waals surface area contributed by atoms with Gasteiger partial charge in [-0.15, -0.1) is 0 Å². The lowest BCUT2D eigenvalue weighted by atomic mass is 9.59. The van der Waals surface area contributed by atoms with E-state index in [2.05, 4.69) is 112 Å². The third kappa shape index (κ3) is 9.83. The Morgan fingerprint density at radius 3 is 2.30 bits per heavy atom. The Morgan fingerprint density at radius 2 is 1.58 bits per heavy atom. The van der Waals surface area contributed by atoms with Gasteiger partial charge in [0.05, 0.1) is 0 Å². The van der Waals surface area contributed by atoms with Crippen LogP contribution in [0.1, 0.15) is 143 Å². The van der Waals surface area contributed by atoms with Gasteiger partial charge in [-0.25, -0.2) is 0 Å². The molecule has 0 amide bonds. The molecule has 2 fully saturated rings. The quantitative estimate of drug-likeness (QED) is 0.187. The molecule has 0 spiro atoms. The molecule has 7 aliphatic rings. The van der Waals surface area contributed by atoms with Crippen LogP contribution < -0.4 is 5.32 Å². The maximum absolute atomic E-state index is 4.23. The topological polar surface area (TPSA) is 12.0 Å². The number of hydrogen-bond donors (Lipinski definition) is 1. The molecule has 7 rings (SSSR count). The van der Waals surface area contributed by atoms with E-state index in [0.717, 1.165) is 65.1 Å². The summed E-state index contributed by atoms with van der Waals surface area (Å²) in [5, 5.41) is 4.23. The molecular weight excluding hydrogens is 639 g/mol. The fraction of sp³-hybridized carbons (Fsp3) is 0.692. The summed E-state index contributed by atoms with van der Waals surface area (Å²) in [5.41, 5.74) is 4.72. The lowest BCUT2D eigenvalue weighted by molar-refractivity contribution is 0.0471. The molecule has 7 aliphatic carbocycles. The van der Waals surface area contributed by atoms with Crippen LogP contribution in [0.2, 0.25) is 0 Å². The molecule has 0 bridgehead atoms. The van der Waals surface area contributed by atoms with Crippen LogP contribution in [0.4, 0.5) is 0 Å². The van der Waals surface area contributed by atoms with Crippen LogP contribution in [0.15, 0.2) is 95.7 Å². The molecule has 0 aliphatic heterocycles. The first kappa shape index (κ1) is 39.1. The third-order valence-electron chi connectivity index (χ3n) is 16.2. The Hall–Kier alpha value is -2.12.